The van der Waals surface area contributed by atoms with Gasteiger partial charge in [0.1, 0.15) is 5.75 Å². The van der Waals surface area contributed by atoms with Gasteiger partial charge in [0.15, 0.2) is 0 Å². The molecule has 0 bridgehead atoms. The molecule has 0 amide bonds. The lowest BCUT2D eigenvalue weighted by Crippen LogP contribution is -2.39. The van der Waals surface area contributed by atoms with Crippen molar-refractivity contribution < 1.29 is 5.11 Å². The van der Waals surface area contributed by atoms with Crippen molar-refractivity contribution in [2.45, 2.75) is 25.4 Å². The predicted molar refractivity (Wildman–Crippen MR) is 60.8 cm³/mol. The Balaban J connectivity index is 1.81. The van der Waals surface area contributed by atoms with E-state index in [2.05, 4.69) is 10.6 Å². The Labute approximate surface area is 90.5 Å². The molecule has 82 valence electrons. The summed E-state index contributed by atoms with van der Waals surface area (Å²) in [4.78, 5) is 0. The summed E-state index contributed by atoms with van der Waals surface area (Å²) in [6, 6.07) is 8.05. The molecular formula is C12H18N2O. The lowest BCUT2D eigenvalue weighted by molar-refractivity contribution is 0.386. The van der Waals surface area contributed by atoms with Crippen molar-refractivity contribution in [1.29, 1.82) is 0 Å². The van der Waals surface area contributed by atoms with Gasteiger partial charge < -0.3 is 15.7 Å². The molecule has 0 aromatic heterocycles. The summed E-state index contributed by atoms with van der Waals surface area (Å²) in [5.41, 5.74) is 1.15. The summed E-state index contributed by atoms with van der Waals surface area (Å²) in [6.07, 6.45) is 2.39. The fourth-order valence-corrected chi connectivity index (χ4v) is 1.95. The molecule has 3 heteroatoms. The van der Waals surface area contributed by atoms with Gasteiger partial charge in [0.2, 0.25) is 0 Å². The number of piperidine rings is 1. The summed E-state index contributed by atoms with van der Waals surface area (Å²) < 4.78 is 0. The molecule has 1 saturated heterocycles. The predicted octanol–water partition coefficient (Wildman–Crippen LogP) is 1.23. The monoisotopic (exact) mass is 206 g/mol. The molecule has 1 fully saturated rings. The molecular weight excluding hydrogens is 188 g/mol. The van der Waals surface area contributed by atoms with Gasteiger partial charge in [0.25, 0.3) is 0 Å². The standard InChI is InChI=1S/C12H18N2O/c15-12-3-1-2-10(8-12)9-14-11-4-6-13-7-5-11/h1-3,8,11,13-15H,4-7,9H2. The van der Waals surface area contributed by atoms with E-state index in [1.54, 1.807) is 6.07 Å². The van der Waals surface area contributed by atoms with E-state index in [4.69, 9.17) is 0 Å². The van der Waals surface area contributed by atoms with Crippen molar-refractivity contribution in [3.63, 3.8) is 0 Å². The minimum absolute atomic E-state index is 0.347. The van der Waals surface area contributed by atoms with Gasteiger partial charge in [-0.25, -0.2) is 0 Å². The van der Waals surface area contributed by atoms with Crippen molar-refractivity contribution >= 4 is 0 Å². The maximum Gasteiger partial charge on any atom is 0.115 e. The van der Waals surface area contributed by atoms with E-state index in [0.29, 0.717) is 11.8 Å². The first-order chi connectivity index (χ1) is 7.34. The van der Waals surface area contributed by atoms with Crippen LogP contribution in [0, 0.1) is 0 Å². The van der Waals surface area contributed by atoms with Crippen LogP contribution in [0.1, 0.15) is 18.4 Å². The molecule has 0 unspecified atom stereocenters. The first-order valence-corrected chi connectivity index (χ1v) is 5.56. The Hall–Kier alpha value is -1.06. The highest BCUT2D eigenvalue weighted by atomic mass is 16.3. The summed E-state index contributed by atoms with van der Waals surface area (Å²) >= 11 is 0. The van der Waals surface area contributed by atoms with Crippen LogP contribution in [0.3, 0.4) is 0 Å². The zero-order valence-electron chi connectivity index (χ0n) is 8.87. The topological polar surface area (TPSA) is 44.3 Å². The van der Waals surface area contributed by atoms with E-state index in [9.17, 15) is 5.11 Å². The molecule has 0 atom stereocenters. The van der Waals surface area contributed by atoms with Crippen LogP contribution in [0.25, 0.3) is 0 Å². The number of nitrogens with one attached hydrogen (secondary N) is 2. The van der Waals surface area contributed by atoms with Gasteiger partial charge >= 0.3 is 0 Å². The maximum absolute atomic E-state index is 9.31. The number of hydrogen-bond donors (Lipinski definition) is 3. The van der Waals surface area contributed by atoms with Crippen LogP contribution in [-0.2, 0) is 6.54 Å². The number of hydrogen-bond acceptors (Lipinski definition) is 3. The lowest BCUT2D eigenvalue weighted by Gasteiger charge is -2.23. The van der Waals surface area contributed by atoms with Crippen molar-refractivity contribution in [2.24, 2.45) is 0 Å². The van der Waals surface area contributed by atoms with Crippen LogP contribution in [0.2, 0.25) is 0 Å². The molecule has 1 aromatic carbocycles. The summed E-state index contributed by atoms with van der Waals surface area (Å²) in [7, 11) is 0. The third-order valence-corrected chi connectivity index (χ3v) is 2.84. The highest BCUT2D eigenvalue weighted by molar-refractivity contribution is 5.26. The first-order valence-electron chi connectivity index (χ1n) is 5.56. The van der Waals surface area contributed by atoms with Crippen LogP contribution in [0.4, 0.5) is 0 Å². The second-order valence-corrected chi connectivity index (χ2v) is 4.08. The fraction of sp³-hybridized carbons (Fsp3) is 0.500. The van der Waals surface area contributed by atoms with Crippen molar-refractivity contribution in [2.75, 3.05) is 13.1 Å². The normalized spacial score (nSPS) is 17.9. The molecule has 0 spiro atoms. The van der Waals surface area contributed by atoms with Gasteiger partial charge in [-0.3, -0.25) is 0 Å². The van der Waals surface area contributed by atoms with Crippen LogP contribution in [-0.4, -0.2) is 24.2 Å². The second-order valence-electron chi connectivity index (χ2n) is 4.08. The third-order valence-electron chi connectivity index (χ3n) is 2.84. The number of phenolic OH excluding ortho intramolecular Hbond substituents is 1. The Bertz CT molecular complexity index is 308. The van der Waals surface area contributed by atoms with Crippen molar-refractivity contribution in [3.05, 3.63) is 29.8 Å². The zero-order chi connectivity index (χ0) is 10.5. The second kappa shape index (κ2) is 5.14. The van der Waals surface area contributed by atoms with E-state index in [0.717, 1.165) is 25.2 Å². The molecule has 3 nitrogen and oxygen atoms in total. The van der Waals surface area contributed by atoms with Gasteiger partial charge in [0, 0.05) is 12.6 Å². The largest absolute Gasteiger partial charge is 0.508 e. The number of phenols is 1. The highest BCUT2D eigenvalue weighted by Gasteiger charge is 2.11. The maximum atomic E-state index is 9.31. The minimum Gasteiger partial charge on any atom is -0.508 e. The highest BCUT2D eigenvalue weighted by Crippen LogP contribution is 2.11. The number of rotatable bonds is 3. The fourth-order valence-electron chi connectivity index (χ4n) is 1.95. The van der Waals surface area contributed by atoms with Gasteiger partial charge in [-0.2, -0.15) is 0 Å². The first kappa shape index (κ1) is 10.5. The molecule has 0 saturated carbocycles. The molecule has 3 N–H and O–H groups in total. The third kappa shape index (κ3) is 3.22. The average Bonchev–Trinajstić information content (AvgIpc) is 2.28. The summed E-state index contributed by atoms with van der Waals surface area (Å²) in [5.74, 6) is 0.347. The lowest BCUT2D eigenvalue weighted by atomic mass is 10.1. The van der Waals surface area contributed by atoms with E-state index in [-0.39, 0.29) is 0 Å². The molecule has 1 aliphatic heterocycles. The van der Waals surface area contributed by atoms with E-state index in [1.807, 2.05) is 18.2 Å². The average molecular weight is 206 g/mol. The smallest absolute Gasteiger partial charge is 0.115 e. The quantitative estimate of drug-likeness (QED) is 0.697. The Kier molecular flexibility index (Phi) is 3.59. The van der Waals surface area contributed by atoms with Crippen LogP contribution in [0.15, 0.2) is 24.3 Å². The van der Waals surface area contributed by atoms with Crippen LogP contribution in [0.5, 0.6) is 5.75 Å². The SMILES string of the molecule is Oc1cccc(CNC2CCNCC2)c1. The summed E-state index contributed by atoms with van der Waals surface area (Å²) in [6.45, 7) is 3.06. The van der Waals surface area contributed by atoms with Gasteiger partial charge in [-0.05, 0) is 43.6 Å². The van der Waals surface area contributed by atoms with Crippen LogP contribution >= 0.6 is 0 Å². The van der Waals surface area contributed by atoms with Gasteiger partial charge in [0.05, 0.1) is 0 Å². The molecule has 1 aliphatic rings. The van der Waals surface area contributed by atoms with Crippen molar-refractivity contribution in [1.82, 2.24) is 10.6 Å². The number of aromatic hydroxyl groups is 1. The van der Waals surface area contributed by atoms with Crippen LogP contribution < -0.4 is 10.6 Å². The van der Waals surface area contributed by atoms with Gasteiger partial charge in [-0.1, -0.05) is 12.1 Å². The summed E-state index contributed by atoms with van der Waals surface area (Å²) in [5, 5.41) is 16.2. The molecule has 1 heterocycles. The Morgan fingerprint density at radius 1 is 1.33 bits per heavy atom. The van der Waals surface area contributed by atoms with Gasteiger partial charge in [-0.15, -0.1) is 0 Å². The van der Waals surface area contributed by atoms with Crippen molar-refractivity contribution in [3.8, 4) is 5.75 Å². The number of benzene rings is 1. The molecule has 1 aromatic rings. The Morgan fingerprint density at radius 2 is 2.13 bits per heavy atom. The molecule has 0 radical (unpaired) electrons. The Morgan fingerprint density at radius 3 is 2.87 bits per heavy atom. The minimum atomic E-state index is 0.347. The van der Waals surface area contributed by atoms with E-state index >= 15 is 0 Å². The molecule has 2 rings (SSSR count). The zero-order valence-corrected chi connectivity index (χ0v) is 8.87. The van der Waals surface area contributed by atoms with E-state index < -0.39 is 0 Å². The molecule has 15 heavy (non-hydrogen) atoms. The molecule has 0 aliphatic carbocycles. The van der Waals surface area contributed by atoms with E-state index in [1.165, 1.54) is 12.8 Å².